The molecule has 4 nitrogen and oxygen atoms in total. The molecule has 1 heterocycles. The van der Waals surface area contributed by atoms with Crippen molar-refractivity contribution in [3.8, 4) is 5.75 Å². The molecule has 1 saturated heterocycles. The Morgan fingerprint density at radius 2 is 2.28 bits per heavy atom. The maximum absolute atomic E-state index is 12.0. The lowest BCUT2D eigenvalue weighted by molar-refractivity contribution is -0.118. The van der Waals surface area contributed by atoms with E-state index in [4.69, 9.17) is 4.74 Å². The van der Waals surface area contributed by atoms with E-state index < -0.39 is 0 Å². The molecule has 1 fully saturated rings. The first-order valence-corrected chi connectivity index (χ1v) is 6.39. The minimum Gasteiger partial charge on any atom is -0.496 e. The molecule has 1 aromatic carbocycles. The number of ether oxygens (including phenoxy) is 1. The largest absolute Gasteiger partial charge is 0.496 e. The quantitative estimate of drug-likeness (QED) is 0.861. The van der Waals surface area contributed by atoms with Gasteiger partial charge in [0.15, 0.2) is 0 Å². The maximum Gasteiger partial charge on any atom is 0.241 e. The van der Waals surface area contributed by atoms with Crippen LogP contribution >= 0.6 is 0 Å². The van der Waals surface area contributed by atoms with Crippen LogP contribution in [0.4, 0.5) is 5.69 Å². The number of piperidine rings is 1. The molecular formula is C14H20N2O2. The standard InChI is InChI=1S/C14H20N2O2/c1-10-9-11(6-7-13(10)18-2)16-14(17)12-5-3-4-8-15-12/h6-7,9,12,15H,3-5,8H2,1-2H3,(H,16,17)/t12-/m1/s1. The molecule has 1 atom stereocenters. The average molecular weight is 248 g/mol. The van der Waals surface area contributed by atoms with Crippen LogP contribution in [-0.2, 0) is 4.79 Å². The molecule has 1 aliphatic heterocycles. The molecule has 1 amide bonds. The van der Waals surface area contributed by atoms with E-state index in [0.29, 0.717) is 0 Å². The Hall–Kier alpha value is -1.55. The minimum absolute atomic E-state index is 0.0545. The van der Waals surface area contributed by atoms with E-state index >= 15 is 0 Å². The Morgan fingerprint density at radius 3 is 2.89 bits per heavy atom. The molecule has 0 radical (unpaired) electrons. The summed E-state index contributed by atoms with van der Waals surface area (Å²) in [6.07, 6.45) is 3.19. The van der Waals surface area contributed by atoms with E-state index in [2.05, 4.69) is 10.6 Å². The van der Waals surface area contributed by atoms with Gasteiger partial charge in [0.2, 0.25) is 5.91 Å². The van der Waals surface area contributed by atoms with Gasteiger partial charge in [-0.05, 0) is 50.1 Å². The van der Waals surface area contributed by atoms with E-state index in [1.165, 1.54) is 0 Å². The van der Waals surface area contributed by atoms with Gasteiger partial charge in [-0.2, -0.15) is 0 Å². The molecular weight excluding hydrogens is 228 g/mol. The Bertz CT molecular complexity index is 426. The molecule has 0 bridgehead atoms. The van der Waals surface area contributed by atoms with Gasteiger partial charge in [-0.25, -0.2) is 0 Å². The van der Waals surface area contributed by atoms with Crippen molar-refractivity contribution in [2.45, 2.75) is 32.2 Å². The van der Waals surface area contributed by atoms with Crippen LogP contribution in [0.15, 0.2) is 18.2 Å². The maximum atomic E-state index is 12.0. The van der Waals surface area contributed by atoms with Crippen LogP contribution in [0, 0.1) is 6.92 Å². The zero-order chi connectivity index (χ0) is 13.0. The van der Waals surface area contributed by atoms with Crippen LogP contribution in [0.2, 0.25) is 0 Å². The number of anilines is 1. The zero-order valence-corrected chi connectivity index (χ0v) is 11.0. The first kappa shape index (κ1) is 12.9. The number of methoxy groups -OCH3 is 1. The number of nitrogens with one attached hydrogen (secondary N) is 2. The van der Waals surface area contributed by atoms with Crippen LogP contribution in [0.3, 0.4) is 0 Å². The molecule has 1 aliphatic rings. The summed E-state index contributed by atoms with van der Waals surface area (Å²) in [4.78, 5) is 12.0. The SMILES string of the molecule is COc1ccc(NC(=O)[C@H]2CCCCN2)cc1C. The van der Waals surface area contributed by atoms with Crippen LogP contribution in [0.5, 0.6) is 5.75 Å². The van der Waals surface area contributed by atoms with Crippen molar-refractivity contribution in [3.63, 3.8) is 0 Å². The van der Waals surface area contributed by atoms with Crippen molar-refractivity contribution >= 4 is 11.6 Å². The number of hydrogen-bond donors (Lipinski definition) is 2. The van der Waals surface area contributed by atoms with E-state index in [9.17, 15) is 4.79 Å². The van der Waals surface area contributed by atoms with Crippen LogP contribution < -0.4 is 15.4 Å². The number of carbonyl (C=O) groups excluding carboxylic acids is 1. The fraction of sp³-hybridized carbons (Fsp3) is 0.500. The Balaban J connectivity index is 2.00. The molecule has 0 spiro atoms. The van der Waals surface area contributed by atoms with Gasteiger partial charge < -0.3 is 15.4 Å². The number of hydrogen-bond acceptors (Lipinski definition) is 3. The van der Waals surface area contributed by atoms with Gasteiger partial charge in [0, 0.05) is 5.69 Å². The highest BCUT2D eigenvalue weighted by Crippen LogP contribution is 2.21. The highest BCUT2D eigenvalue weighted by molar-refractivity contribution is 5.95. The van der Waals surface area contributed by atoms with E-state index in [1.807, 2.05) is 25.1 Å². The molecule has 1 aromatic rings. The van der Waals surface area contributed by atoms with Gasteiger partial charge in [0.05, 0.1) is 13.2 Å². The van der Waals surface area contributed by atoms with Gasteiger partial charge in [0.1, 0.15) is 5.75 Å². The molecule has 4 heteroatoms. The number of rotatable bonds is 3. The summed E-state index contributed by atoms with van der Waals surface area (Å²) in [5.41, 5.74) is 1.84. The van der Waals surface area contributed by atoms with E-state index in [0.717, 1.165) is 42.8 Å². The van der Waals surface area contributed by atoms with Crippen molar-refractivity contribution in [1.82, 2.24) is 5.32 Å². The highest BCUT2D eigenvalue weighted by Gasteiger charge is 2.20. The Morgan fingerprint density at radius 1 is 1.44 bits per heavy atom. The van der Waals surface area contributed by atoms with Gasteiger partial charge in [0.25, 0.3) is 0 Å². The Labute approximate surface area is 108 Å². The summed E-state index contributed by atoms with van der Waals surface area (Å²) >= 11 is 0. The molecule has 0 aromatic heterocycles. The second-order valence-electron chi connectivity index (χ2n) is 4.68. The molecule has 0 unspecified atom stereocenters. The van der Waals surface area contributed by atoms with Crippen LogP contribution in [0.1, 0.15) is 24.8 Å². The zero-order valence-electron chi connectivity index (χ0n) is 11.0. The second-order valence-corrected chi connectivity index (χ2v) is 4.68. The van der Waals surface area contributed by atoms with Gasteiger partial charge in [-0.1, -0.05) is 6.42 Å². The first-order valence-electron chi connectivity index (χ1n) is 6.39. The van der Waals surface area contributed by atoms with Crippen molar-refractivity contribution in [2.24, 2.45) is 0 Å². The van der Waals surface area contributed by atoms with E-state index in [-0.39, 0.29) is 11.9 Å². The molecule has 18 heavy (non-hydrogen) atoms. The first-order chi connectivity index (χ1) is 8.70. The topological polar surface area (TPSA) is 50.4 Å². The fourth-order valence-electron chi connectivity index (χ4n) is 2.26. The molecule has 0 saturated carbocycles. The summed E-state index contributed by atoms with van der Waals surface area (Å²) in [6, 6.07) is 5.62. The van der Waals surface area contributed by atoms with Gasteiger partial charge >= 0.3 is 0 Å². The third kappa shape index (κ3) is 3.01. The number of amides is 1. The van der Waals surface area contributed by atoms with Gasteiger partial charge in [-0.15, -0.1) is 0 Å². The lowest BCUT2D eigenvalue weighted by atomic mass is 10.0. The predicted octanol–water partition coefficient (Wildman–Crippen LogP) is 2.08. The summed E-state index contributed by atoms with van der Waals surface area (Å²) in [6.45, 7) is 2.90. The van der Waals surface area contributed by atoms with Crippen LogP contribution in [-0.4, -0.2) is 25.6 Å². The number of carbonyl (C=O) groups is 1. The molecule has 0 aliphatic carbocycles. The third-order valence-corrected chi connectivity index (χ3v) is 3.29. The normalized spacial score (nSPS) is 19.3. The third-order valence-electron chi connectivity index (χ3n) is 3.29. The minimum atomic E-state index is -0.0545. The number of aryl methyl sites for hydroxylation is 1. The summed E-state index contributed by atoms with van der Waals surface area (Å²) in [5.74, 6) is 0.892. The van der Waals surface area contributed by atoms with Crippen LogP contribution in [0.25, 0.3) is 0 Å². The van der Waals surface area contributed by atoms with Crippen molar-refractivity contribution < 1.29 is 9.53 Å². The second kappa shape index (κ2) is 5.87. The van der Waals surface area contributed by atoms with E-state index in [1.54, 1.807) is 7.11 Å². The molecule has 98 valence electrons. The van der Waals surface area contributed by atoms with Crippen molar-refractivity contribution in [2.75, 3.05) is 19.0 Å². The van der Waals surface area contributed by atoms with Crippen molar-refractivity contribution in [3.05, 3.63) is 23.8 Å². The summed E-state index contributed by atoms with van der Waals surface area (Å²) in [5, 5.41) is 6.19. The highest BCUT2D eigenvalue weighted by atomic mass is 16.5. The lowest BCUT2D eigenvalue weighted by Gasteiger charge is -2.22. The average Bonchev–Trinajstić information content (AvgIpc) is 2.40. The smallest absolute Gasteiger partial charge is 0.241 e. The van der Waals surface area contributed by atoms with Crippen molar-refractivity contribution in [1.29, 1.82) is 0 Å². The molecule has 2 rings (SSSR count). The number of benzene rings is 1. The molecule has 2 N–H and O–H groups in total. The predicted molar refractivity (Wildman–Crippen MR) is 72.0 cm³/mol. The summed E-state index contributed by atoms with van der Waals surface area (Å²) in [7, 11) is 1.65. The summed E-state index contributed by atoms with van der Waals surface area (Å²) < 4.78 is 5.20. The Kier molecular flexibility index (Phi) is 4.20. The van der Waals surface area contributed by atoms with Gasteiger partial charge in [-0.3, -0.25) is 4.79 Å². The monoisotopic (exact) mass is 248 g/mol. The fourth-order valence-corrected chi connectivity index (χ4v) is 2.26. The lowest BCUT2D eigenvalue weighted by Crippen LogP contribution is -2.43.